The van der Waals surface area contributed by atoms with Gasteiger partial charge in [-0.15, -0.1) is 0 Å². The number of rotatable bonds is 2. The molecule has 4 bridgehead atoms. The van der Waals surface area contributed by atoms with E-state index in [9.17, 15) is 4.79 Å². The van der Waals surface area contributed by atoms with Crippen molar-refractivity contribution >= 4 is 16.8 Å². The summed E-state index contributed by atoms with van der Waals surface area (Å²) in [5, 5.41) is 8.13. The Morgan fingerprint density at radius 1 is 1.35 bits per heavy atom. The fourth-order valence-corrected chi connectivity index (χ4v) is 4.76. The maximum atomic E-state index is 13.1. The summed E-state index contributed by atoms with van der Waals surface area (Å²) in [4.78, 5) is 17.7. The lowest BCUT2D eigenvalue weighted by Gasteiger charge is -2.44. The van der Waals surface area contributed by atoms with E-state index >= 15 is 0 Å². The molecule has 1 amide bonds. The third-order valence-corrected chi connectivity index (χ3v) is 5.88. The van der Waals surface area contributed by atoms with Gasteiger partial charge in [0.2, 0.25) is 0 Å². The highest BCUT2D eigenvalue weighted by molar-refractivity contribution is 6.05. The van der Waals surface area contributed by atoms with E-state index in [4.69, 9.17) is 4.74 Å². The number of benzene rings is 1. The van der Waals surface area contributed by atoms with Gasteiger partial charge in [-0.2, -0.15) is 5.10 Å². The molecule has 4 unspecified atom stereocenters. The number of piperidine rings is 3. The van der Waals surface area contributed by atoms with Gasteiger partial charge in [0.25, 0.3) is 5.91 Å². The van der Waals surface area contributed by atoms with Crippen molar-refractivity contribution in [3.05, 3.63) is 23.9 Å². The Hall–Kier alpha value is -2.08. The molecular formula is C17H20N4O2. The lowest BCUT2D eigenvalue weighted by molar-refractivity contribution is 0.0420. The van der Waals surface area contributed by atoms with Crippen LogP contribution in [0.1, 0.15) is 16.9 Å². The van der Waals surface area contributed by atoms with Crippen LogP contribution in [0, 0.1) is 11.8 Å². The van der Waals surface area contributed by atoms with Crippen LogP contribution >= 0.6 is 0 Å². The Morgan fingerprint density at radius 2 is 2.26 bits per heavy atom. The lowest BCUT2D eigenvalue weighted by atomic mass is 9.80. The number of ether oxygens (including phenoxy) is 1. The van der Waals surface area contributed by atoms with Crippen molar-refractivity contribution in [3.8, 4) is 5.75 Å². The molecule has 4 atom stereocenters. The molecule has 0 spiro atoms. The molecule has 6 nitrogen and oxygen atoms in total. The van der Waals surface area contributed by atoms with Gasteiger partial charge in [0.1, 0.15) is 5.75 Å². The van der Waals surface area contributed by atoms with Crippen molar-refractivity contribution in [3.63, 3.8) is 0 Å². The monoisotopic (exact) mass is 312 g/mol. The standard InChI is InChI=1S/C17H20N4O2/c1-23-11-2-3-14-13(6-11)16(19-18-14)17(22)21-8-10-7-20-5-4-12(10)15(21)9-20/h2-3,6,10,12,15H,4-5,7-9H2,1H3,(H,18,19). The molecule has 0 radical (unpaired) electrons. The molecule has 23 heavy (non-hydrogen) atoms. The smallest absolute Gasteiger partial charge is 0.275 e. The van der Waals surface area contributed by atoms with E-state index in [1.807, 2.05) is 18.2 Å². The topological polar surface area (TPSA) is 61.5 Å². The van der Waals surface area contributed by atoms with Crippen molar-refractivity contribution in [2.24, 2.45) is 11.8 Å². The fourth-order valence-electron chi connectivity index (χ4n) is 4.76. The third kappa shape index (κ3) is 1.84. The molecule has 5 heterocycles. The number of nitrogens with one attached hydrogen (secondary N) is 1. The van der Waals surface area contributed by atoms with Gasteiger partial charge in [-0.05, 0) is 43.0 Å². The predicted octanol–water partition coefficient (Wildman–Crippen LogP) is 1.35. The number of H-pyrrole nitrogens is 1. The molecular weight excluding hydrogens is 292 g/mol. The molecule has 120 valence electrons. The largest absolute Gasteiger partial charge is 0.497 e. The van der Waals surface area contributed by atoms with Crippen LogP contribution in [0.25, 0.3) is 10.9 Å². The Labute approximate surface area is 134 Å². The van der Waals surface area contributed by atoms with Gasteiger partial charge in [-0.3, -0.25) is 9.89 Å². The van der Waals surface area contributed by atoms with Crippen LogP contribution in [0.2, 0.25) is 0 Å². The Balaban J connectivity index is 1.51. The summed E-state index contributed by atoms with van der Waals surface area (Å²) in [5.74, 6) is 2.14. The number of hydrogen-bond acceptors (Lipinski definition) is 4. The summed E-state index contributed by atoms with van der Waals surface area (Å²) >= 11 is 0. The molecule has 6 heteroatoms. The highest BCUT2D eigenvalue weighted by Crippen LogP contribution is 2.42. The minimum atomic E-state index is 0.0609. The fraction of sp³-hybridized carbons (Fsp3) is 0.529. The number of carbonyl (C=O) groups is 1. The summed E-state index contributed by atoms with van der Waals surface area (Å²) in [6, 6.07) is 6.05. The van der Waals surface area contributed by atoms with Crippen LogP contribution in [-0.4, -0.2) is 65.2 Å². The number of fused-ring (bicyclic) bond motifs is 2. The second-order valence-electron chi connectivity index (χ2n) is 6.98. The normalized spacial score (nSPS) is 31.8. The molecule has 2 aromatic rings. The maximum Gasteiger partial charge on any atom is 0.275 e. The first-order valence-corrected chi connectivity index (χ1v) is 8.30. The first-order chi connectivity index (χ1) is 11.2. The third-order valence-electron chi connectivity index (χ3n) is 5.88. The molecule has 1 N–H and O–H groups in total. The summed E-state index contributed by atoms with van der Waals surface area (Å²) in [5.41, 5.74) is 1.40. The van der Waals surface area contributed by atoms with Crippen LogP contribution in [0.4, 0.5) is 0 Å². The van der Waals surface area contributed by atoms with E-state index in [1.165, 1.54) is 13.0 Å². The SMILES string of the molecule is COc1ccc2[nH]nc(C(=O)N3CC4CN5CCC4C3C5)c2c1. The minimum absolute atomic E-state index is 0.0609. The molecule has 4 aliphatic heterocycles. The lowest BCUT2D eigenvalue weighted by Crippen LogP contribution is -2.54. The van der Waals surface area contributed by atoms with Gasteiger partial charge >= 0.3 is 0 Å². The predicted molar refractivity (Wildman–Crippen MR) is 85.5 cm³/mol. The molecule has 4 aliphatic rings. The zero-order valence-electron chi connectivity index (χ0n) is 13.2. The van der Waals surface area contributed by atoms with Crippen LogP contribution in [0.3, 0.4) is 0 Å². The van der Waals surface area contributed by atoms with Gasteiger partial charge in [0, 0.05) is 31.1 Å². The second-order valence-corrected chi connectivity index (χ2v) is 6.98. The van der Waals surface area contributed by atoms with E-state index in [0.29, 0.717) is 23.6 Å². The van der Waals surface area contributed by atoms with Gasteiger partial charge in [-0.25, -0.2) is 0 Å². The molecule has 0 saturated carbocycles. The molecule has 1 aromatic carbocycles. The molecule has 4 saturated heterocycles. The Morgan fingerprint density at radius 3 is 3.04 bits per heavy atom. The van der Waals surface area contributed by atoms with Crippen molar-refractivity contribution in [1.29, 1.82) is 0 Å². The second kappa shape index (κ2) is 4.71. The van der Waals surface area contributed by atoms with Crippen LogP contribution < -0.4 is 4.74 Å². The van der Waals surface area contributed by atoms with Crippen molar-refractivity contribution < 1.29 is 9.53 Å². The minimum Gasteiger partial charge on any atom is -0.497 e. The highest BCUT2D eigenvalue weighted by atomic mass is 16.5. The zero-order chi connectivity index (χ0) is 15.6. The number of aromatic nitrogens is 2. The quantitative estimate of drug-likeness (QED) is 0.909. The summed E-state index contributed by atoms with van der Waals surface area (Å²) in [6.07, 6.45) is 1.23. The average Bonchev–Trinajstić information content (AvgIpc) is 3.13. The number of carbonyl (C=O) groups excluding carboxylic acids is 1. The van der Waals surface area contributed by atoms with E-state index < -0.39 is 0 Å². The first-order valence-electron chi connectivity index (χ1n) is 8.30. The number of aromatic amines is 1. The number of nitrogens with zero attached hydrogens (tertiary/aromatic N) is 3. The number of amides is 1. The van der Waals surface area contributed by atoms with Crippen molar-refractivity contribution in [2.45, 2.75) is 12.5 Å². The van der Waals surface area contributed by atoms with Gasteiger partial charge < -0.3 is 14.5 Å². The van der Waals surface area contributed by atoms with Crippen LogP contribution in [-0.2, 0) is 0 Å². The number of methoxy groups -OCH3 is 1. The molecule has 1 aromatic heterocycles. The van der Waals surface area contributed by atoms with Gasteiger partial charge in [0.15, 0.2) is 5.69 Å². The molecule has 4 fully saturated rings. The van der Waals surface area contributed by atoms with Gasteiger partial charge in [0.05, 0.1) is 12.6 Å². The summed E-state index contributed by atoms with van der Waals surface area (Å²) in [6.45, 7) is 4.25. The van der Waals surface area contributed by atoms with Gasteiger partial charge in [-0.1, -0.05) is 0 Å². The van der Waals surface area contributed by atoms with Crippen LogP contribution in [0.15, 0.2) is 18.2 Å². The Bertz CT molecular complexity index is 786. The maximum absolute atomic E-state index is 13.1. The molecule has 6 rings (SSSR count). The average molecular weight is 312 g/mol. The van der Waals surface area contributed by atoms with E-state index in [2.05, 4.69) is 20.0 Å². The summed E-state index contributed by atoms with van der Waals surface area (Å²) < 4.78 is 5.29. The molecule has 0 aliphatic carbocycles. The van der Waals surface area contributed by atoms with E-state index in [0.717, 1.165) is 36.3 Å². The van der Waals surface area contributed by atoms with E-state index in [-0.39, 0.29) is 5.91 Å². The number of hydrogen-bond donors (Lipinski definition) is 1. The van der Waals surface area contributed by atoms with Crippen molar-refractivity contribution in [2.75, 3.05) is 33.3 Å². The number of likely N-dealkylation sites (tertiary alicyclic amines) is 1. The first kappa shape index (κ1) is 13.4. The van der Waals surface area contributed by atoms with Crippen molar-refractivity contribution in [1.82, 2.24) is 20.0 Å². The van der Waals surface area contributed by atoms with E-state index in [1.54, 1.807) is 7.11 Å². The highest BCUT2D eigenvalue weighted by Gasteiger charge is 2.51. The summed E-state index contributed by atoms with van der Waals surface area (Å²) in [7, 11) is 1.64. The van der Waals surface area contributed by atoms with Crippen LogP contribution in [0.5, 0.6) is 5.75 Å². The zero-order valence-corrected chi connectivity index (χ0v) is 13.2. The Kier molecular flexibility index (Phi) is 2.74.